The van der Waals surface area contributed by atoms with Crippen molar-refractivity contribution in [2.75, 3.05) is 179 Å². The molecule has 0 unspecified atom stereocenters. The van der Waals surface area contributed by atoms with Gasteiger partial charge in [0, 0.05) is 152 Å². The molecule has 0 saturated carbocycles. The fourth-order valence-corrected chi connectivity index (χ4v) is 19.2. The second kappa shape index (κ2) is 46.8. The molecule has 3 atom stereocenters. The number of ether oxygens (including phenoxy) is 6. The number of nitrogens with two attached hydrogens (primary N) is 1. The minimum absolute atomic E-state index is 0.0395. The molecule has 37 heteroatoms. The molecule has 0 fully saturated rings. The van der Waals surface area contributed by atoms with E-state index in [0.717, 1.165) is 50.1 Å². The van der Waals surface area contributed by atoms with Crippen molar-refractivity contribution in [3.05, 3.63) is 189 Å². The largest absolute Gasteiger partial charge is 0.378 e. The summed E-state index contributed by atoms with van der Waals surface area (Å²) >= 11 is 38.8. The van der Waals surface area contributed by atoms with E-state index < -0.39 is 53.7 Å². The molecule has 3 heterocycles. The zero-order valence-electron chi connectivity index (χ0n) is 65.5. The fourth-order valence-electron chi connectivity index (χ4n) is 14.2. The summed E-state index contributed by atoms with van der Waals surface area (Å²) in [7, 11) is -5.59. The smallest absolute Gasteiger partial charge is 0.314 e. The van der Waals surface area contributed by atoms with E-state index in [1.165, 1.54) is 0 Å². The van der Waals surface area contributed by atoms with Crippen LogP contribution in [0.25, 0.3) is 0 Å². The quantitative estimate of drug-likeness (QED) is 0.0159. The first kappa shape index (κ1) is 94.1. The first-order valence-corrected chi connectivity index (χ1v) is 45.4. The fraction of sp³-hybridized carbons (Fsp3) is 0.506. The van der Waals surface area contributed by atoms with E-state index in [2.05, 4.69) is 60.8 Å². The van der Waals surface area contributed by atoms with E-state index in [-0.39, 0.29) is 151 Å². The molecule has 28 nitrogen and oxygen atoms in total. The second-order valence-electron chi connectivity index (χ2n) is 28.9. The van der Waals surface area contributed by atoms with Crippen molar-refractivity contribution in [1.29, 1.82) is 0 Å². The predicted molar refractivity (Wildman–Crippen MR) is 453 cm³/mol. The molecule has 9 rings (SSSR count). The van der Waals surface area contributed by atoms with Gasteiger partial charge in [-0.15, -0.1) is 0 Å². The topological polar surface area (TPSA) is 353 Å². The standard InChI is InChI=1S/C79H107Cl6N13O15S3/c1-96-49-67(64-43-58(80)46-73(83)70(64)52-96)55-10-4-13-61(40-55)114(102,103)93-25-31-111-37-34-108-28-22-90-76(99)87-19-7-16-79(86,17-8-20-88-77(100)91-23-29-109-35-38-112-32-26-94-115(104,105)62-14-5-11-56(41-62)68-50-97(2)53-71-65(68)44-59(81)47-74(71)84)18-9-21-89-78(101)92-24-30-110-36-39-113-33-27-95-116(106,107)63-15-6-12-57(42-63)69-51-98(3)54-72-66(69)45-60(82)48-75(72)85/h4-6,10-15,40-48,67-69,93-95H,7-9,16-39,49-54,86H2,1-3H3,(H2,87,90,99)(H2,88,91,100)(H2,89,92,101)/t67-,68-,69+/m0/s1. The number of amides is 6. The van der Waals surface area contributed by atoms with Crippen molar-refractivity contribution in [2.45, 2.75) is 96.1 Å². The van der Waals surface area contributed by atoms with Crippen molar-refractivity contribution in [3.63, 3.8) is 0 Å². The Morgan fingerprint density at radius 3 is 0.888 bits per heavy atom. The molecule has 11 N–H and O–H groups in total. The summed E-state index contributed by atoms with van der Waals surface area (Å²) in [5, 5.41) is 20.2. The van der Waals surface area contributed by atoms with Gasteiger partial charge >= 0.3 is 18.1 Å². The van der Waals surface area contributed by atoms with Gasteiger partial charge < -0.3 is 80.8 Å². The van der Waals surface area contributed by atoms with E-state index in [1.807, 2.05) is 57.5 Å². The Kier molecular flexibility index (Phi) is 38.0. The van der Waals surface area contributed by atoms with Crippen molar-refractivity contribution < 1.29 is 68.1 Å². The average molecular weight is 1790 g/mol. The van der Waals surface area contributed by atoms with Crippen LogP contribution >= 0.6 is 69.6 Å². The monoisotopic (exact) mass is 1780 g/mol. The van der Waals surface area contributed by atoms with Gasteiger partial charge in [0.1, 0.15) is 0 Å². The number of hydrogen-bond donors (Lipinski definition) is 10. The molecule has 0 saturated heterocycles. The van der Waals surface area contributed by atoms with E-state index in [0.29, 0.717) is 128 Å². The number of nitrogens with one attached hydrogen (secondary N) is 9. The summed E-state index contributed by atoms with van der Waals surface area (Å²) in [6.07, 6.45) is 3.15. The summed E-state index contributed by atoms with van der Waals surface area (Å²) in [5.41, 5.74) is 14.7. The minimum atomic E-state index is -3.86. The van der Waals surface area contributed by atoms with Crippen molar-refractivity contribution in [3.8, 4) is 0 Å². The Balaban J connectivity index is 0.622. The molecule has 0 bridgehead atoms. The highest BCUT2D eigenvalue weighted by Crippen LogP contribution is 2.42. The maximum absolute atomic E-state index is 13.3. The van der Waals surface area contributed by atoms with Crippen LogP contribution in [0.3, 0.4) is 0 Å². The number of urea groups is 3. The summed E-state index contributed by atoms with van der Waals surface area (Å²) in [5.74, 6) is -0.383. The van der Waals surface area contributed by atoms with Crippen LogP contribution in [0.5, 0.6) is 0 Å². The van der Waals surface area contributed by atoms with Gasteiger partial charge in [-0.05, 0) is 183 Å². The summed E-state index contributed by atoms with van der Waals surface area (Å²) in [6.45, 7) is 7.87. The number of likely N-dealkylation sites (N-methyl/N-ethyl adjacent to an activating group) is 3. The molecule has 0 aromatic heterocycles. The maximum atomic E-state index is 13.3. The number of hydrogen-bond acceptors (Lipinski definition) is 19. The lowest BCUT2D eigenvalue weighted by Crippen LogP contribution is -2.44. The molecule has 116 heavy (non-hydrogen) atoms. The highest BCUT2D eigenvalue weighted by atomic mass is 35.5. The normalized spacial score (nSPS) is 16.1. The lowest BCUT2D eigenvalue weighted by atomic mass is 9.85. The Morgan fingerprint density at radius 2 is 0.621 bits per heavy atom. The molecular formula is C79H107Cl6N13O15S3. The highest BCUT2D eigenvalue weighted by Gasteiger charge is 2.33. The Hall–Kier alpha value is -5.80. The molecule has 6 aromatic rings. The summed E-state index contributed by atoms with van der Waals surface area (Å²) < 4.78 is 122. The molecule has 6 amide bonds. The number of carbonyl (C=O) groups is 3. The van der Waals surface area contributed by atoms with Gasteiger partial charge in [0.15, 0.2) is 0 Å². The van der Waals surface area contributed by atoms with E-state index in [9.17, 15) is 39.6 Å². The summed E-state index contributed by atoms with van der Waals surface area (Å²) in [6, 6.07) is 30.2. The van der Waals surface area contributed by atoms with Gasteiger partial charge in [-0.3, -0.25) is 0 Å². The van der Waals surface area contributed by atoms with Crippen LogP contribution in [-0.4, -0.2) is 243 Å². The third-order valence-corrected chi connectivity index (χ3v) is 26.0. The third kappa shape index (κ3) is 29.8. The first-order valence-electron chi connectivity index (χ1n) is 38.7. The molecule has 3 aliphatic rings. The number of sulfonamides is 3. The maximum Gasteiger partial charge on any atom is 0.314 e. The van der Waals surface area contributed by atoms with Gasteiger partial charge in [0.2, 0.25) is 30.1 Å². The number of benzene rings is 6. The van der Waals surface area contributed by atoms with Crippen LogP contribution in [0, 0.1) is 0 Å². The molecule has 0 spiro atoms. The number of fused-ring (bicyclic) bond motifs is 3. The third-order valence-electron chi connectivity index (χ3n) is 19.9. The van der Waals surface area contributed by atoms with Gasteiger partial charge in [-0.2, -0.15) is 0 Å². The number of carbonyl (C=O) groups excluding carboxylic acids is 3. The zero-order chi connectivity index (χ0) is 83.3. The molecule has 0 radical (unpaired) electrons. The second-order valence-corrected chi connectivity index (χ2v) is 36.8. The van der Waals surface area contributed by atoms with Crippen molar-refractivity contribution in [1.82, 2.24) is 60.8 Å². The Labute approximate surface area is 711 Å². The lowest BCUT2D eigenvalue weighted by Gasteiger charge is -2.33. The van der Waals surface area contributed by atoms with Gasteiger partial charge in [-0.1, -0.05) is 106 Å². The van der Waals surface area contributed by atoms with Crippen molar-refractivity contribution in [2.24, 2.45) is 5.73 Å². The number of rotatable bonds is 48. The van der Waals surface area contributed by atoms with Crippen LogP contribution in [0.1, 0.15) is 106 Å². The van der Waals surface area contributed by atoms with Crippen LogP contribution < -0.4 is 51.8 Å². The minimum Gasteiger partial charge on any atom is -0.378 e. The zero-order valence-corrected chi connectivity index (χ0v) is 72.5. The van der Waals surface area contributed by atoms with Gasteiger partial charge in [-0.25, -0.2) is 53.8 Å². The molecule has 3 aliphatic heterocycles. The lowest BCUT2D eigenvalue weighted by molar-refractivity contribution is 0.0516. The van der Waals surface area contributed by atoms with Crippen LogP contribution in [0.2, 0.25) is 30.1 Å². The predicted octanol–water partition coefficient (Wildman–Crippen LogP) is 9.61. The van der Waals surface area contributed by atoms with Gasteiger partial charge in [0.05, 0.1) is 94.0 Å². The van der Waals surface area contributed by atoms with E-state index >= 15 is 0 Å². The molecule has 0 aliphatic carbocycles. The summed E-state index contributed by atoms with van der Waals surface area (Å²) in [4.78, 5) is 45.1. The van der Waals surface area contributed by atoms with E-state index in [1.54, 1.807) is 72.8 Å². The Bertz CT molecular complexity index is 4140. The molecule has 6 aromatic carbocycles. The highest BCUT2D eigenvalue weighted by molar-refractivity contribution is 7.90. The van der Waals surface area contributed by atoms with Crippen LogP contribution in [-0.2, 0) is 78.1 Å². The number of nitrogens with zero attached hydrogens (tertiary/aromatic N) is 3. The van der Waals surface area contributed by atoms with Crippen LogP contribution in [0.4, 0.5) is 14.4 Å². The van der Waals surface area contributed by atoms with Crippen molar-refractivity contribution >= 4 is 118 Å². The van der Waals surface area contributed by atoms with Crippen LogP contribution in [0.15, 0.2) is 124 Å². The average Bonchev–Trinajstić information content (AvgIpc) is 0.781. The van der Waals surface area contributed by atoms with E-state index in [4.69, 9.17) is 104 Å². The first-order chi connectivity index (χ1) is 55.6. The molecule has 638 valence electrons. The van der Waals surface area contributed by atoms with Gasteiger partial charge in [0.25, 0.3) is 0 Å². The Morgan fingerprint density at radius 1 is 0.371 bits per heavy atom. The SMILES string of the molecule is CN1Cc2c(Cl)cc(Cl)cc2[C@@H](c2cccc(S(=O)(=O)NCCOCCOCCNC(=O)NCCCC(N)(CCCNC(=O)NCCOCCOCCNS(=O)(=O)c3cccc([C@@H]4CN(C)Cc5c(Cl)cc(Cl)cc54)c3)CCCNC(=O)NCCOCCOCCNS(=O)(=O)c3cccc([C@@H]4CN(C)Cc5c(Cl)cc(Cl)cc54)c3)c2)C1. The number of halogens is 6. The molecular weight excluding hydrogens is 1680 g/mol.